The molecule has 7 nitrogen and oxygen atoms in total. The molecule has 3 rings (SSSR count). The predicted octanol–water partition coefficient (Wildman–Crippen LogP) is 2.69. The highest BCUT2D eigenvalue weighted by atomic mass is 35.5. The van der Waals surface area contributed by atoms with Crippen LogP contribution in [0.5, 0.6) is 11.5 Å². The fraction of sp³-hybridized carbons (Fsp3) is 0.222. The molecule has 0 bridgehead atoms. The van der Waals surface area contributed by atoms with Crippen molar-refractivity contribution >= 4 is 29.2 Å². The second-order valence-electron chi connectivity index (χ2n) is 5.71. The second kappa shape index (κ2) is 7.53. The van der Waals surface area contributed by atoms with Gasteiger partial charge in [-0.05, 0) is 42.8 Å². The summed E-state index contributed by atoms with van der Waals surface area (Å²) in [5.74, 6) is 0.225. The number of fused-ring (bicyclic) bond motifs is 1. The molecular formula is C18H17ClN2O5. The Kier molecular flexibility index (Phi) is 5.18. The van der Waals surface area contributed by atoms with Gasteiger partial charge in [0.25, 0.3) is 5.91 Å². The third-order valence-electron chi connectivity index (χ3n) is 3.84. The molecule has 1 aliphatic rings. The summed E-state index contributed by atoms with van der Waals surface area (Å²) in [7, 11) is 0. The van der Waals surface area contributed by atoms with Crippen molar-refractivity contribution in [3.63, 3.8) is 0 Å². The Balaban J connectivity index is 1.53. The van der Waals surface area contributed by atoms with Gasteiger partial charge < -0.3 is 25.3 Å². The maximum Gasteiger partial charge on any atom is 0.338 e. The summed E-state index contributed by atoms with van der Waals surface area (Å²) in [6.07, 6.45) is 0. The van der Waals surface area contributed by atoms with E-state index in [1.165, 1.54) is 18.2 Å². The summed E-state index contributed by atoms with van der Waals surface area (Å²) in [4.78, 5) is 24.0. The summed E-state index contributed by atoms with van der Waals surface area (Å²) in [6, 6.07) is 9.50. The number of nitrogens with two attached hydrogens (primary N) is 1. The number of nitrogen functional groups attached to an aromatic ring is 1. The lowest BCUT2D eigenvalue weighted by molar-refractivity contribution is -0.124. The number of anilines is 1. The Morgan fingerprint density at radius 3 is 2.77 bits per heavy atom. The zero-order valence-electron chi connectivity index (χ0n) is 14.0. The SMILES string of the molecule is CC(NC(=O)COC(=O)c1ccc(Cl)c(N)c1)c1ccc2c(c1)OCO2. The summed E-state index contributed by atoms with van der Waals surface area (Å²) in [5, 5.41) is 3.10. The van der Waals surface area contributed by atoms with Crippen LogP contribution in [0.4, 0.5) is 5.69 Å². The van der Waals surface area contributed by atoms with Crippen LogP contribution in [-0.2, 0) is 9.53 Å². The van der Waals surface area contributed by atoms with Gasteiger partial charge in [0.05, 0.1) is 22.3 Å². The zero-order chi connectivity index (χ0) is 18.7. The number of nitrogens with one attached hydrogen (secondary N) is 1. The van der Waals surface area contributed by atoms with Gasteiger partial charge in [0.2, 0.25) is 6.79 Å². The number of benzene rings is 2. The van der Waals surface area contributed by atoms with Crippen molar-refractivity contribution in [2.75, 3.05) is 19.1 Å². The molecular weight excluding hydrogens is 360 g/mol. The number of ether oxygens (including phenoxy) is 3. The maximum absolute atomic E-state index is 12.0. The van der Waals surface area contributed by atoms with Gasteiger partial charge in [0.15, 0.2) is 18.1 Å². The molecule has 1 heterocycles. The molecule has 0 aromatic heterocycles. The Morgan fingerprint density at radius 2 is 2.00 bits per heavy atom. The molecule has 0 saturated carbocycles. The molecule has 1 aliphatic heterocycles. The monoisotopic (exact) mass is 376 g/mol. The third kappa shape index (κ3) is 4.00. The van der Waals surface area contributed by atoms with Gasteiger partial charge in [-0.1, -0.05) is 17.7 Å². The topological polar surface area (TPSA) is 99.9 Å². The van der Waals surface area contributed by atoms with Gasteiger partial charge in [0, 0.05) is 0 Å². The van der Waals surface area contributed by atoms with Gasteiger partial charge in [-0.15, -0.1) is 0 Å². The van der Waals surface area contributed by atoms with Crippen molar-refractivity contribution in [3.05, 3.63) is 52.5 Å². The predicted molar refractivity (Wildman–Crippen MR) is 95.3 cm³/mol. The second-order valence-corrected chi connectivity index (χ2v) is 6.12. The molecule has 0 spiro atoms. The lowest BCUT2D eigenvalue weighted by Crippen LogP contribution is -2.31. The molecule has 8 heteroatoms. The van der Waals surface area contributed by atoms with Crippen LogP contribution in [0.1, 0.15) is 28.9 Å². The fourth-order valence-electron chi connectivity index (χ4n) is 2.43. The Bertz CT molecular complexity index is 855. The number of carbonyl (C=O) groups is 2. The highest BCUT2D eigenvalue weighted by Crippen LogP contribution is 2.34. The summed E-state index contributed by atoms with van der Waals surface area (Å²) < 4.78 is 15.6. The Morgan fingerprint density at radius 1 is 1.23 bits per heavy atom. The minimum absolute atomic E-state index is 0.185. The number of carbonyl (C=O) groups excluding carboxylic acids is 2. The van der Waals surface area contributed by atoms with Crippen LogP contribution in [-0.4, -0.2) is 25.3 Å². The van der Waals surface area contributed by atoms with E-state index in [2.05, 4.69) is 5.32 Å². The van der Waals surface area contributed by atoms with Gasteiger partial charge in [-0.25, -0.2) is 4.79 Å². The molecule has 2 aromatic rings. The number of hydrogen-bond donors (Lipinski definition) is 2. The van der Waals surface area contributed by atoms with Gasteiger partial charge in [-0.3, -0.25) is 4.79 Å². The highest BCUT2D eigenvalue weighted by Gasteiger charge is 2.18. The smallest absolute Gasteiger partial charge is 0.338 e. The molecule has 0 aliphatic carbocycles. The maximum atomic E-state index is 12.0. The van der Waals surface area contributed by atoms with Gasteiger partial charge >= 0.3 is 5.97 Å². The summed E-state index contributed by atoms with van der Waals surface area (Å²) in [6.45, 7) is 1.60. The average molecular weight is 377 g/mol. The first-order valence-corrected chi connectivity index (χ1v) is 8.23. The molecule has 136 valence electrons. The number of rotatable bonds is 5. The Hall–Kier alpha value is -2.93. The minimum Gasteiger partial charge on any atom is -0.454 e. The van der Waals surface area contributed by atoms with Crippen molar-refractivity contribution < 1.29 is 23.8 Å². The number of halogens is 1. The Labute approximate surface area is 155 Å². The standard InChI is InChI=1S/C18H17ClN2O5/c1-10(11-3-5-15-16(7-11)26-9-25-15)21-17(22)8-24-18(23)12-2-4-13(19)14(20)6-12/h2-7,10H,8-9,20H2,1H3,(H,21,22). The molecule has 0 fully saturated rings. The lowest BCUT2D eigenvalue weighted by Gasteiger charge is -2.15. The lowest BCUT2D eigenvalue weighted by atomic mass is 10.1. The van der Waals surface area contributed by atoms with E-state index >= 15 is 0 Å². The van der Waals surface area contributed by atoms with E-state index in [1.54, 1.807) is 12.1 Å². The van der Waals surface area contributed by atoms with Gasteiger partial charge in [0.1, 0.15) is 0 Å². The molecule has 1 unspecified atom stereocenters. The fourth-order valence-corrected chi connectivity index (χ4v) is 2.55. The minimum atomic E-state index is -0.653. The largest absolute Gasteiger partial charge is 0.454 e. The summed E-state index contributed by atoms with van der Waals surface area (Å²) in [5.41, 5.74) is 6.98. The van der Waals surface area contributed by atoms with Crippen LogP contribution < -0.4 is 20.5 Å². The van der Waals surface area contributed by atoms with Gasteiger partial charge in [-0.2, -0.15) is 0 Å². The van der Waals surface area contributed by atoms with Crippen LogP contribution in [0.25, 0.3) is 0 Å². The molecule has 1 amide bonds. The van der Waals surface area contributed by atoms with E-state index in [0.717, 1.165) is 5.56 Å². The van der Waals surface area contributed by atoms with Crippen molar-refractivity contribution in [2.24, 2.45) is 0 Å². The molecule has 1 atom stereocenters. The number of hydrogen-bond acceptors (Lipinski definition) is 6. The third-order valence-corrected chi connectivity index (χ3v) is 4.18. The molecule has 2 aromatic carbocycles. The zero-order valence-corrected chi connectivity index (χ0v) is 14.7. The van der Waals surface area contributed by atoms with E-state index in [-0.39, 0.29) is 24.1 Å². The first-order valence-electron chi connectivity index (χ1n) is 7.85. The van der Waals surface area contributed by atoms with Crippen LogP contribution in [0.3, 0.4) is 0 Å². The van der Waals surface area contributed by atoms with Crippen LogP contribution >= 0.6 is 11.6 Å². The van der Waals surface area contributed by atoms with Crippen LogP contribution in [0.15, 0.2) is 36.4 Å². The van der Waals surface area contributed by atoms with E-state index in [0.29, 0.717) is 16.5 Å². The first-order chi connectivity index (χ1) is 12.4. The number of amides is 1. The molecule has 26 heavy (non-hydrogen) atoms. The van der Waals surface area contributed by atoms with E-state index in [1.807, 2.05) is 13.0 Å². The normalized spacial score (nSPS) is 13.2. The van der Waals surface area contributed by atoms with Crippen molar-refractivity contribution in [3.8, 4) is 11.5 Å². The number of esters is 1. The molecule has 0 saturated heterocycles. The van der Waals surface area contributed by atoms with Crippen LogP contribution in [0.2, 0.25) is 5.02 Å². The molecule has 3 N–H and O–H groups in total. The highest BCUT2D eigenvalue weighted by molar-refractivity contribution is 6.33. The first kappa shape index (κ1) is 17.9. The quantitative estimate of drug-likeness (QED) is 0.614. The van der Waals surface area contributed by atoms with E-state index in [9.17, 15) is 9.59 Å². The summed E-state index contributed by atoms with van der Waals surface area (Å²) >= 11 is 5.81. The molecule has 0 radical (unpaired) electrons. The van der Waals surface area contributed by atoms with Crippen LogP contribution in [0, 0.1) is 0 Å². The van der Waals surface area contributed by atoms with Crippen molar-refractivity contribution in [1.82, 2.24) is 5.32 Å². The van der Waals surface area contributed by atoms with Crippen molar-refractivity contribution in [1.29, 1.82) is 0 Å². The average Bonchev–Trinajstić information content (AvgIpc) is 3.09. The van der Waals surface area contributed by atoms with Crippen molar-refractivity contribution in [2.45, 2.75) is 13.0 Å². The van der Waals surface area contributed by atoms with E-state index < -0.39 is 18.5 Å². The van der Waals surface area contributed by atoms with E-state index in [4.69, 9.17) is 31.5 Å².